The van der Waals surface area contributed by atoms with Crippen LogP contribution in [-0.2, 0) is 24.3 Å². The first-order valence-corrected chi connectivity index (χ1v) is 8.53. The van der Waals surface area contributed by atoms with Gasteiger partial charge in [0.2, 0.25) is 0 Å². The molecule has 0 saturated heterocycles. The van der Waals surface area contributed by atoms with E-state index in [0.29, 0.717) is 12.6 Å². The van der Waals surface area contributed by atoms with Crippen molar-refractivity contribution >= 4 is 0 Å². The van der Waals surface area contributed by atoms with Gasteiger partial charge in [-0.2, -0.15) is 0 Å². The predicted octanol–water partition coefficient (Wildman–Crippen LogP) is 4.62. The van der Waals surface area contributed by atoms with Crippen LogP contribution in [0.4, 0.5) is 0 Å². The number of furan rings is 1. The first-order valence-electron chi connectivity index (χ1n) is 8.53. The summed E-state index contributed by atoms with van der Waals surface area (Å²) >= 11 is 0. The molecule has 0 saturated carbocycles. The van der Waals surface area contributed by atoms with Crippen LogP contribution in [0, 0.1) is 5.41 Å². The molecule has 0 fully saturated rings. The highest BCUT2D eigenvalue weighted by atomic mass is 16.5. The fourth-order valence-corrected chi connectivity index (χ4v) is 3.47. The zero-order valence-electron chi connectivity index (χ0n) is 14.4. The van der Waals surface area contributed by atoms with Gasteiger partial charge in [-0.05, 0) is 36.0 Å². The van der Waals surface area contributed by atoms with Gasteiger partial charge in [0.05, 0.1) is 12.9 Å². The molecule has 1 unspecified atom stereocenters. The van der Waals surface area contributed by atoms with E-state index in [2.05, 4.69) is 49.5 Å². The summed E-state index contributed by atoms with van der Waals surface area (Å²) in [4.78, 5) is 0. The van der Waals surface area contributed by atoms with Crippen LogP contribution < -0.4 is 5.32 Å². The van der Waals surface area contributed by atoms with Crippen molar-refractivity contribution < 1.29 is 9.15 Å². The smallest absolute Gasteiger partial charge is 0.109 e. The van der Waals surface area contributed by atoms with Crippen LogP contribution in [0.5, 0.6) is 0 Å². The van der Waals surface area contributed by atoms with Crippen molar-refractivity contribution in [1.29, 1.82) is 0 Å². The maximum Gasteiger partial charge on any atom is 0.109 e. The van der Waals surface area contributed by atoms with Crippen molar-refractivity contribution in [3.63, 3.8) is 0 Å². The molecule has 2 aromatic rings. The third-order valence-electron chi connectivity index (χ3n) is 4.67. The molecule has 3 heteroatoms. The van der Waals surface area contributed by atoms with Crippen LogP contribution in [0.2, 0.25) is 0 Å². The Hall–Kier alpha value is -1.58. The van der Waals surface area contributed by atoms with Crippen LogP contribution in [-0.4, -0.2) is 6.61 Å². The van der Waals surface area contributed by atoms with E-state index in [4.69, 9.17) is 9.15 Å². The monoisotopic (exact) mass is 313 g/mol. The molecule has 1 aliphatic rings. The summed E-state index contributed by atoms with van der Waals surface area (Å²) in [5.74, 6) is 1.14. The fraction of sp³-hybridized carbons (Fsp3) is 0.500. The Labute approximate surface area is 139 Å². The third-order valence-corrected chi connectivity index (χ3v) is 4.67. The van der Waals surface area contributed by atoms with Gasteiger partial charge in [-0.1, -0.05) is 38.1 Å². The summed E-state index contributed by atoms with van der Waals surface area (Å²) in [5.41, 5.74) is 4.18. The van der Waals surface area contributed by atoms with Crippen molar-refractivity contribution in [3.05, 3.63) is 59.0 Å². The summed E-state index contributed by atoms with van der Waals surface area (Å²) in [5, 5.41) is 3.74. The van der Waals surface area contributed by atoms with Crippen molar-refractivity contribution in [1.82, 2.24) is 5.32 Å². The molecule has 0 aliphatic heterocycles. The highest BCUT2D eigenvalue weighted by Gasteiger charge is 2.33. The van der Waals surface area contributed by atoms with Crippen LogP contribution in [0.25, 0.3) is 0 Å². The van der Waals surface area contributed by atoms with Crippen molar-refractivity contribution in [2.45, 2.75) is 52.8 Å². The molecule has 0 bridgehead atoms. The maximum atomic E-state index is 5.69. The van der Waals surface area contributed by atoms with Gasteiger partial charge in [-0.15, -0.1) is 0 Å². The van der Waals surface area contributed by atoms with Crippen molar-refractivity contribution in [2.75, 3.05) is 6.61 Å². The lowest BCUT2D eigenvalue weighted by molar-refractivity contribution is 0.133. The van der Waals surface area contributed by atoms with Gasteiger partial charge in [0.1, 0.15) is 5.76 Å². The average molecular weight is 313 g/mol. The molecule has 3 rings (SSSR count). The highest BCUT2D eigenvalue weighted by Crippen LogP contribution is 2.41. The number of benzene rings is 1. The molecule has 1 aromatic carbocycles. The van der Waals surface area contributed by atoms with Gasteiger partial charge in [-0.3, -0.25) is 0 Å². The Morgan fingerprint density at radius 1 is 1.22 bits per heavy atom. The van der Waals surface area contributed by atoms with Gasteiger partial charge in [0.25, 0.3) is 0 Å². The van der Waals surface area contributed by atoms with Crippen LogP contribution in [0.1, 0.15) is 55.7 Å². The molecule has 1 N–H and O–H groups in total. The number of rotatable bonds is 6. The summed E-state index contributed by atoms with van der Waals surface area (Å²) < 4.78 is 11.3. The van der Waals surface area contributed by atoms with Gasteiger partial charge in [-0.25, -0.2) is 0 Å². The van der Waals surface area contributed by atoms with Gasteiger partial charge < -0.3 is 14.5 Å². The second kappa shape index (κ2) is 6.90. The largest absolute Gasteiger partial charge is 0.469 e. The van der Waals surface area contributed by atoms with Gasteiger partial charge >= 0.3 is 0 Å². The van der Waals surface area contributed by atoms with Crippen LogP contribution in [0.15, 0.2) is 41.0 Å². The number of nitrogens with one attached hydrogen (secondary N) is 1. The molecule has 124 valence electrons. The maximum absolute atomic E-state index is 5.69. The topological polar surface area (TPSA) is 34.4 Å². The zero-order valence-corrected chi connectivity index (χ0v) is 14.4. The van der Waals surface area contributed by atoms with E-state index in [-0.39, 0.29) is 5.41 Å². The van der Waals surface area contributed by atoms with E-state index in [1.807, 2.05) is 13.2 Å². The van der Waals surface area contributed by atoms with E-state index in [0.717, 1.165) is 31.8 Å². The molecule has 23 heavy (non-hydrogen) atoms. The number of fused-ring (bicyclic) bond motifs is 1. The predicted molar refractivity (Wildman–Crippen MR) is 92.2 cm³/mol. The Morgan fingerprint density at radius 2 is 2.00 bits per heavy atom. The lowest BCUT2D eigenvalue weighted by Crippen LogP contribution is -2.32. The quantitative estimate of drug-likeness (QED) is 0.845. The molecule has 1 heterocycles. The van der Waals surface area contributed by atoms with Crippen LogP contribution in [0.3, 0.4) is 0 Å². The summed E-state index contributed by atoms with van der Waals surface area (Å²) in [6.07, 6.45) is 3.98. The minimum absolute atomic E-state index is 0.271. The van der Waals surface area contributed by atoms with E-state index in [1.165, 1.54) is 16.7 Å². The van der Waals surface area contributed by atoms with E-state index in [9.17, 15) is 0 Å². The first-order chi connectivity index (χ1) is 11.1. The zero-order chi connectivity index (χ0) is 16.3. The Bertz CT molecular complexity index is 645. The van der Waals surface area contributed by atoms with Gasteiger partial charge in [0, 0.05) is 31.2 Å². The second-order valence-electron chi connectivity index (χ2n) is 7.18. The summed E-state index contributed by atoms with van der Waals surface area (Å²) in [6.45, 7) is 8.95. The minimum atomic E-state index is 0.271. The molecule has 0 spiro atoms. The summed E-state index contributed by atoms with van der Waals surface area (Å²) in [7, 11) is 0. The van der Waals surface area contributed by atoms with Crippen LogP contribution >= 0.6 is 0 Å². The molecule has 0 radical (unpaired) electrons. The number of hydrogen-bond donors (Lipinski definition) is 1. The summed E-state index contributed by atoms with van der Waals surface area (Å²) in [6, 6.07) is 11.0. The molecule has 0 amide bonds. The van der Waals surface area contributed by atoms with E-state index >= 15 is 0 Å². The van der Waals surface area contributed by atoms with E-state index in [1.54, 1.807) is 0 Å². The molecular weight excluding hydrogens is 286 g/mol. The lowest BCUT2D eigenvalue weighted by atomic mass is 9.75. The first kappa shape index (κ1) is 16.3. The fourth-order valence-electron chi connectivity index (χ4n) is 3.47. The normalized spacial score (nSPS) is 19.5. The third kappa shape index (κ3) is 3.85. The van der Waals surface area contributed by atoms with Crippen molar-refractivity contribution in [3.8, 4) is 0 Å². The van der Waals surface area contributed by atoms with Gasteiger partial charge in [0.15, 0.2) is 0 Å². The molecule has 1 aromatic heterocycles. The van der Waals surface area contributed by atoms with Crippen molar-refractivity contribution in [2.24, 2.45) is 5.41 Å². The Balaban J connectivity index is 1.72. The molecule has 1 atom stereocenters. The SMILES string of the molecule is CCOCc1ccccc1CNC1CC(C)(C)Cc2occc21. The standard InChI is InChI=1S/C20H27NO2/c1-4-22-14-16-8-6-5-7-15(16)13-21-18-11-20(2,3)12-19-17(18)9-10-23-19/h5-10,18,21H,4,11-14H2,1-3H3. The Morgan fingerprint density at radius 3 is 2.78 bits per heavy atom. The lowest BCUT2D eigenvalue weighted by Gasteiger charge is -2.35. The molecule has 3 nitrogen and oxygen atoms in total. The molecule has 1 aliphatic carbocycles. The minimum Gasteiger partial charge on any atom is -0.469 e. The number of hydrogen-bond acceptors (Lipinski definition) is 3. The van der Waals surface area contributed by atoms with E-state index < -0.39 is 0 Å². The second-order valence-corrected chi connectivity index (χ2v) is 7.18. The highest BCUT2D eigenvalue weighted by molar-refractivity contribution is 5.29. The molecular formula is C20H27NO2. The average Bonchev–Trinajstić information content (AvgIpc) is 2.98. The number of ether oxygens (including phenoxy) is 1. The Kier molecular flexibility index (Phi) is 4.88.